The Bertz CT molecular complexity index is 816. The third-order valence-corrected chi connectivity index (χ3v) is 6.02. The number of thioether (sulfide) groups is 2. The number of Topliss-reactive ketones (excluding diaryl/α,β-unsaturated/α-hetero) is 1. The average molecular weight is 370 g/mol. The summed E-state index contributed by atoms with van der Waals surface area (Å²) in [6.07, 6.45) is 0. The molecule has 0 fully saturated rings. The number of ketones is 1. The maximum absolute atomic E-state index is 12.6. The second-order valence-corrected chi connectivity index (χ2v) is 7.84. The fourth-order valence-electron chi connectivity index (χ4n) is 2.40. The second kappa shape index (κ2) is 8.36. The van der Waals surface area contributed by atoms with Crippen LogP contribution in [0.15, 0.2) is 53.5 Å². The van der Waals surface area contributed by atoms with Crippen molar-refractivity contribution in [1.82, 2.24) is 0 Å². The minimum atomic E-state index is -0.146. The number of nitrogens with zero attached hydrogens (tertiary/aromatic N) is 1. The van der Waals surface area contributed by atoms with Crippen molar-refractivity contribution in [3.8, 4) is 0 Å². The summed E-state index contributed by atoms with van der Waals surface area (Å²) in [6, 6.07) is 14.5. The summed E-state index contributed by atoms with van der Waals surface area (Å²) >= 11 is 3.44. The lowest BCUT2D eigenvalue weighted by molar-refractivity contribution is 0.101. The van der Waals surface area contributed by atoms with E-state index in [0.717, 1.165) is 28.0 Å². The van der Waals surface area contributed by atoms with Gasteiger partial charge in [-0.05, 0) is 42.8 Å². The first-order valence-electron chi connectivity index (χ1n) is 7.94. The molecule has 0 bridgehead atoms. The van der Waals surface area contributed by atoms with Crippen molar-refractivity contribution in [3.05, 3.63) is 65.2 Å². The van der Waals surface area contributed by atoms with Crippen molar-refractivity contribution in [2.24, 2.45) is 4.99 Å². The number of hydrogen-bond donors (Lipinski definition) is 1. The molecule has 2 aromatic carbocycles. The number of amides is 1. The Morgan fingerprint density at radius 1 is 1.16 bits per heavy atom. The van der Waals surface area contributed by atoms with Crippen molar-refractivity contribution in [3.63, 3.8) is 0 Å². The lowest BCUT2D eigenvalue weighted by atomic mass is 10.1. The van der Waals surface area contributed by atoms with Crippen LogP contribution >= 0.6 is 23.5 Å². The summed E-state index contributed by atoms with van der Waals surface area (Å²) in [5.41, 5.74) is 2.95. The van der Waals surface area contributed by atoms with Gasteiger partial charge in [0.2, 0.25) is 0 Å². The zero-order valence-corrected chi connectivity index (χ0v) is 15.5. The van der Waals surface area contributed by atoms with E-state index in [-0.39, 0.29) is 11.7 Å². The van der Waals surface area contributed by atoms with Gasteiger partial charge in [-0.2, -0.15) is 0 Å². The molecule has 0 aliphatic carbocycles. The van der Waals surface area contributed by atoms with Gasteiger partial charge in [0.1, 0.15) is 4.38 Å². The lowest BCUT2D eigenvalue weighted by Gasteiger charge is -2.10. The highest BCUT2D eigenvalue weighted by Gasteiger charge is 2.14. The highest BCUT2D eigenvalue weighted by atomic mass is 32.2. The molecule has 1 aliphatic heterocycles. The number of rotatable bonds is 5. The Balaban J connectivity index is 1.69. The van der Waals surface area contributed by atoms with Gasteiger partial charge < -0.3 is 5.32 Å². The number of carbonyl (C=O) groups is 2. The van der Waals surface area contributed by atoms with Crippen molar-refractivity contribution >= 4 is 45.3 Å². The molecule has 4 nitrogen and oxygen atoms in total. The number of aliphatic imine (C=N–C) groups is 1. The van der Waals surface area contributed by atoms with E-state index in [2.05, 4.69) is 10.3 Å². The molecule has 0 spiro atoms. The van der Waals surface area contributed by atoms with E-state index in [1.165, 1.54) is 6.92 Å². The average Bonchev–Trinajstić information content (AvgIpc) is 3.14. The van der Waals surface area contributed by atoms with Crippen LogP contribution < -0.4 is 5.32 Å². The Morgan fingerprint density at radius 2 is 1.92 bits per heavy atom. The highest BCUT2D eigenvalue weighted by molar-refractivity contribution is 8.38. The third-order valence-electron chi connectivity index (χ3n) is 3.72. The highest BCUT2D eigenvalue weighted by Crippen LogP contribution is 2.26. The van der Waals surface area contributed by atoms with Crippen LogP contribution in [0.3, 0.4) is 0 Å². The molecule has 3 rings (SSSR count). The summed E-state index contributed by atoms with van der Waals surface area (Å²) in [4.78, 5) is 28.4. The molecule has 0 radical (unpaired) electrons. The predicted octanol–water partition coefficient (Wildman–Crippen LogP) is 4.48. The molecular formula is C19H18N2O2S2. The van der Waals surface area contributed by atoms with Crippen molar-refractivity contribution < 1.29 is 9.59 Å². The number of benzene rings is 2. The number of carbonyl (C=O) groups excluding carboxylic acids is 2. The zero-order chi connectivity index (χ0) is 17.6. The molecule has 0 unspecified atom stereocenters. The Hall–Kier alpha value is -2.05. The molecule has 25 heavy (non-hydrogen) atoms. The molecule has 1 amide bonds. The van der Waals surface area contributed by atoms with Crippen molar-refractivity contribution in [1.29, 1.82) is 0 Å². The summed E-state index contributed by atoms with van der Waals surface area (Å²) < 4.78 is 1.09. The largest absolute Gasteiger partial charge is 0.322 e. The van der Waals surface area contributed by atoms with Crippen LogP contribution in [-0.4, -0.2) is 28.4 Å². The Morgan fingerprint density at radius 3 is 2.60 bits per heavy atom. The van der Waals surface area contributed by atoms with E-state index < -0.39 is 0 Å². The molecule has 1 N–H and O–H groups in total. The first kappa shape index (κ1) is 17.8. The van der Waals surface area contributed by atoms with Crippen LogP contribution in [0.5, 0.6) is 0 Å². The van der Waals surface area contributed by atoms with E-state index in [1.807, 2.05) is 24.3 Å². The van der Waals surface area contributed by atoms with Gasteiger partial charge in [0.25, 0.3) is 5.91 Å². The molecular weight excluding hydrogens is 352 g/mol. The normalized spacial score (nSPS) is 13.4. The molecule has 0 aromatic heterocycles. The minimum absolute atomic E-state index is 0.00736. The van der Waals surface area contributed by atoms with Crippen LogP contribution in [0.4, 0.5) is 5.69 Å². The number of hydrogen-bond acceptors (Lipinski definition) is 5. The van der Waals surface area contributed by atoms with E-state index in [1.54, 1.807) is 47.8 Å². The van der Waals surface area contributed by atoms with Crippen molar-refractivity contribution in [2.75, 3.05) is 17.6 Å². The Kier molecular flexibility index (Phi) is 5.94. The first-order chi connectivity index (χ1) is 12.1. The van der Waals surface area contributed by atoms with Crippen LogP contribution in [0, 0.1) is 0 Å². The molecule has 0 saturated heterocycles. The Labute approximate surface area is 155 Å². The van der Waals surface area contributed by atoms with Gasteiger partial charge in [0, 0.05) is 28.3 Å². The number of nitrogens with one attached hydrogen (secondary N) is 1. The van der Waals surface area contributed by atoms with Gasteiger partial charge in [-0.3, -0.25) is 14.6 Å². The first-order valence-corrected chi connectivity index (χ1v) is 9.91. The third kappa shape index (κ3) is 4.74. The standard InChI is InChI=1S/C19H18N2O2S2/c1-13(22)14-6-8-16(9-7-14)21-18(23)17-5-3-2-4-15(17)12-25-19-20-10-11-24-19/h2-9H,10-12H2,1H3,(H,21,23). The van der Waals surface area contributed by atoms with E-state index in [9.17, 15) is 9.59 Å². The number of anilines is 1. The summed E-state index contributed by atoms with van der Waals surface area (Å²) in [6.45, 7) is 2.40. The minimum Gasteiger partial charge on any atom is -0.322 e. The van der Waals surface area contributed by atoms with Gasteiger partial charge in [-0.1, -0.05) is 41.7 Å². The van der Waals surface area contributed by atoms with Gasteiger partial charge in [-0.15, -0.1) is 0 Å². The quantitative estimate of drug-likeness (QED) is 0.789. The molecule has 0 saturated carbocycles. The van der Waals surface area contributed by atoms with Crippen LogP contribution in [-0.2, 0) is 5.75 Å². The lowest BCUT2D eigenvalue weighted by Crippen LogP contribution is -2.14. The van der Waals surface area contributed by atoms with Gasteiger partial charge in [0.05, 0.1) is 6.54 Å². The fraction of sp³-hybridized carbons (Fsp3) is 0.211. The van der Waals surface area contributed by atoms with Crippen molar-refractivity contribution in [2.45, 2.75) is 12.7 Å². The van der Waals surface area contributed by atoms with Crippen LogP contribution in [0.1, 0.15) is 33.2 Å². The van der Waals surface area contributed by atoms with E-state index in [4.69, 9.17) is 0 Å². The maximum atomic E-state index is 12.6. The van der Waals surface area contributed by atoms with E-state index in [0.29, 0.717) is 16.8 Å². The topological polar surface area (TPSA) is 58.5 Å². The summed E-state index contributed by atoms with van der Waals surface area (Å²) in [5.74, 6) is 1.63. The molecule has 1 heterocycles. The van der Waals surface area contributed by atoms with Crippen LogP contribution in [0.2, 0.25) is 0 Å². The predicted molar refractivity (Wildman–Crippen MR) is 107 cm³/mol. The molecule has 2 aromatic rings. The molecule has 6 heteroatoms. The molecule has 0 atom stereocenters. The molecule has 128 valence electrons. The maximum Gasteiger partial charge on any atom is 0.255 e. The fourth-order valence-corrected chi connectivity index (χ4v) is 4.41. The van der Waals surface area contributed by atoms with E-state index >= 15 is 0 Å². The van der Waals surface area contributed by atoms with Gasteiger partial charge in [0.15, 0.2) is 5.78 Å². The van der Waals surface area contributed by atoms with Gasteiger partial charge in [-0.25, -0.2) is 0 Å². The summed E-state index contributed by atoms with van der Waals surface area (Å²) in [5, 5.41) is 2.90. The summed E-state index contributed by atoms with van der Waals surface area (Å²) in [7, 11) is 0. The smallest absolute Gasteiger partial charge is 0.255 e. The second-order valence-electron chi connectivity index (χ2n) is 5.53. The monoisotopic (exact) mass is 370 g/mol. The van der Waals surface area contributed by atoms with Gasteiger partial charge >= 0.3 is 0 Å². The molecule has 1 aliphatic rings. The zero-order valence-electron chi connectivity index (χ0n) is 13.8. The van der Waals surface area contributed by atoms with Crippen LogP contribution in [0.25, 0.3) is 0 Å². The SMILES string of the molecule is CC(=O)c1ccc(NC(=O)c2ccccc2CSC2=NCCS2)cc1.